The molecule has 1 heterocycles. The summed E-state index contributed by atoms with van der Waals surface area (Å²) < 4.78 is 0. The molecule has 0 aliphatic heterocycles. The number of nitrogens with zero attached hydrogens (tertiary/aromatic N) is 2. The van der Waals surface area contributed by atoms with Crippen molar-refractivity contribution < 1.29 is 4.92 Å². The fourth-order valence-corrected chi connectivity index (χ4v) is 1.25. The Kier molecular flexibility index (Phi) is 4.52. The molecule has 0 radical (unpaired) electrons. The molecule has 0 bridgehead atoms. The molecule has 0 aliphatic carbocycles. The first-order valence-electron chi connectivity index (χ1n) is 4.17. The van der Waals surface area contributed by atoms with Gasteiger partial charge in [-0.15, -0.1) is 11.6 Å². The first-order chi connectivity index (χ1) is 7.15. The van der Waals surface area contributed by atoms with Crippen LogP contribution in [-0.4, -0.2) is 15.8 Å². The minimum atomic E-state index is -0.561. The summed E-state index contributed by atoms with van der Waals surface area (Å²) in [4.78, 5) is 13.7. The number of hydrogen-bond acceptors (Lipinski definition) is 3. The van der Waals surface area contributed by atoms with Crippen LogP contribution < -0.4 is 0 Å². The van der Waals surface area contributed by atoms with Crippen molar-refractivity contribution in [1.29, 1.82) is 0 Å². The average Bonchev–Trinajstić information content (AvgIpc) is 2.20. The zero-order valence-corrected chi connectivity index (χ0v) is 9.20. The molecular weight excluding hydrogens is 239 g/mol. The second kappa shape index (κ2) is 5.68. The summed E-state index contributed by atoms with van der Waals surface area (Å²) in [6.07, 6.45) is 5.72. The summed E-state index contributed by atoms with van der Waals surface area (Å²) in [7, 11) is 0. The molecule has 0 saturated heterocycles. The molecule has 0 fully saturated rings. The number of nitro groups is 1. The second-order valence-electron chi connectivity index (χ2n) is 2.72. The number of allylic oxidation sites excluding steroid dienone is 1. The Labute approximate surface area is 96.7 Å². The molecule has 0 atom stereocenters. The van der Waals surface area contributed by atoms with E-state index >= 15 is 0 Å². The average molecular weight is 247 g/mol. The predicted molar refractivity (Wildman–Crippen MR) is 60.3 cm³/mol. The van der Waals surface area contributed by atoms with Crippen LogP contribution in [0.4, 0.5) is 5.69 Å². The monoisotopic (exact) mass is 246 g/mol. The van der Waals surface area contributed by atoms with Crippen molar-refractivity contribution in [3.8, 4) is 0 Å². The summed E-state index contributed by atoms with van der Waals surface area (Å²) in [5, 5.41) is 10.4. The Morgan fingerprint density at radius 1 is 1.60 bits per heavy atom. The highest BCUT2D eigenvalue weighted by Crippen LogP contribution is 2.22. The quantitative estimate of drug-likeness (QED) is 0.355. The molecule has 4 nitrogen and oxygen atoms in total. The van der Waals surface area contributed by atoms with E-state index in [0.717, 1.165) is 0 Å². The van der Waals surface area contributed by atoms with E-state index < -0.39 is 4.92 Å². The summed E-state index contributed by atoms with van der Waals surface area (Å²) in [6, 6.07) is 1.38. The Hall–Kier alpha value is -1.13. The van der Waals surface area contributed by atoms with Crippen LogP contribution >= 0.6 is 23.2 Å². The Bertz CT molecular complexity index is 394. The van der Waals surface area contributed by atoms with E-state index in [1.54, 1.807) is 6.08 Å². The molecule has 15 heavy (non-hydrogen) atoms. The van der Waals surface area contributed by atoms with Gasteiger partial charge < -0.3 is 0 Å². The number of pyridine rings is 1. The van der Waals surface area contributed by atoms with Crippen LogP contribution in [0.15, 0.2) is 18.3 Å². The lowest BCUT2D eigenvalue weighted by atomic mass is 10.2. The van der Waals surface area contributed by atoms with Crippen molar-refractivity contribution in [1.82, 2.24) is 4.98 Å². The van der Waals surface area contributed by atoms with E-state index in [1.165, 1.54) is 12.3 Å². The smallest absolute Gasteiger partial charge is 0.258 e. The van der Waals surface area contributed by atoms with Gasteiger partial charge in [0.1, 0.15) is 0 Å². The standard InChI is InChI=1S/C9H8Cl2N2O2/c10-4-2-1-3-7-5-8(13(14)15)9(11)12-6-7/h1,3,5-6H,2,4H2. The fraction of sp³-hybridized carbons (Fsp3) is 0.222. The Morgan fingerprint density at radius 3 is 2.93 bits per heavy atom. The summed E-state index contributed by atoms with van der Waals surface area (Å²) in [6.45, 7) is 0. The van der Waals surface area contributed by atoms with Gasteiger partial charge in [-0.2, -0.15) is 0 Å². The lowest BCUT2D eigenvalue weighted by molar-refractivity contribution is -0.385. The highest BCUT2D eigenvalue weighted by Gasteiger charge is 2.12. The number of halogens is 2. The molecular formula is C9H8Cl2N2O2. The van der Waals surface area contributed by atoms with Crippen LogP contribution in [0.5, 0.6) is 0 Å². The van der Waals surface area contributed by atoms with Crippen molar-refractivity contribution >= 4 is 35.0 Å². The van der Waals surface area contributed by atoms with Gasteiger partial charge in [-0.1, -0.05) is 23.8 Å². The minimum absolute atomic E-state index is 0.102. The summed E-state index contributed by atoms with van der Waals surface area (Å²) in [5.41, 5.74) is 0.445. The zero-order valence-electron chi connectivity index (χ0n) is 7.69. The first-order valence-corrected chi connectivity index (χ1v) is 5.09. The third kappa shape index (κ3) is 3.49. The van der Waals surface area contributed by atoms with Gasteiger partial charge in [0.15, 0.2) is 0 Å². The topological polar surface area (TPSA) is 56.0 Å². The van der Waals surface area contributed by atoms with E-state index in [9.17, 15) is 10.1 Å². The van der Waals surface area contributed by atoms with Crippen LogP contribution in [0.3, 0.4) is 0 Å². The van der Waals surface area contributed by atoms with Gasteiger partial charge in [0.05, 0.1) is 4.92 Å². The van der Waals surface area contributed by atoms with Crippen LogP contribution in [-0.2, 0) is 0 Å². The SMILES string of the molecule is O=[N+]([O-])c1cc(C=CCCCl)cnc1Cl. The van der Waals surface area contributed by atoms with Crippen molar-refractivity contribution in [2.45, 2.75) is 6.42 Å². The molecule has 0 unspecified atom stereocenters. The van der Waals surface area contributed by atoms with Crippen molar-refractivity contribution in [3.05, 3.63) is 39.2 Å². The van der Waals surface area contributed by atoms with Crippen LogP contribution in [0.1, 0.15) is 12.0 Å². The van der Waals surface area contributed by atoms with Crippen molar-refractivity contribution in [2.75, 3.05) is 5.88 Å². The molecule has 0 aromatic carbocycles. The number of hydrogen-bond donors (Lipinski definition) is 0. The van der Waals surface area contributed by atoms with Crippen LogP contribution in [0.2, 0.25) is 5.15 Å². The maximum absolute atomic E-state index is 10.5. The van der Waals surface area contributed by atoms with Gasteiger partial charge in [-0.25, -0.2) is 4.98 Å². The fourth-order valence-electron chi connectivity index (χ4n) is 0.954. The summed E-state index contributed by atoms with van der Waals surface area (Å²) in [5.74, 6) is 0.514. The normalized spacial score (nSPS) is 10.8. The molecule has 0 spiro atoms. The van der Waals surface area contributed by atoms with Gasteiger partial charge in [0, 0.05) is 18.1 Å². The molecule has 0 N–H and O–H groups in total. The zero-order chi connectivity index (χ0) is 11.3. The van der Waals surface area contributed by atoms with Crippen molar-refractivity contribution in [3.63, 3.8) is 0 Å². The van der Waals surface area contributed by atoms with Gasteiger partial charge >= 0.3 is 5.69 Å². The maximum atomic E-state index is 10.5. The van der Waals surface area contributed by atoms with Gasteiger partial charge in [0.25, 0.3) is 0 Å². The number of rotatable bonds is 4. The molecule has 1 aromatic rings. The first kappa shape index (κ1) is 11.9. The van der Waals surface area contributed by atoms with E-state index in [-0.39, 0.29) is 10.8 Å². The van der Waals surface area contributed by atoms with Crippen LogP contribution in [0, 0.1) is 10.1 Å². The second-order valence-corrected chi connectivity index (χ2v) is 3.45. The summed E-state index contributed by atoms with van der Waals surface area (Å²) >= 11 is 11.0. The molecule has 0 aliphatic rings. The number of alkyl halides is 1. The molecule has 1 aromatic heterocycles. The Balaban J connectivity index is 2.92. The Morgan fingerprint density at radius 2 is 2.33 bits per heavy atom. The molecule has 80 valence electrons. The third-order valence-corrected chi connectivity index (χ3v) is 2.13. The molecule has 0 saturated carbocycles. The lowest BCUT2D eigenvalue weighted by Gasteiger charge is -1.96. The van der Waals surface area contributed by atoms with Gasteiger partial charge in [0.2, 0.25) is 5.15 Å². The highest BCUT2D eigenvalue weighted by atomic mass is 35.5. The van der Waals surface area contributed by atoms with Crippen molar-refractivity contribution in [2.24, 2.45) is 0 Å². The predicted octanol–water partition coefficient (Wildman–Crippen LogP) is 3.29. The molecule has 1 rings (SSSR count). The highest BCUT2D eigenvalue weighted by molar-refractivity contribution is 6.31. The van der Waals surface area contributed by atoms with E-state index in [4.69, 9.17) is 23.2 Å². The van der Waals surface area contributed by atoms with Gasteiger partial charge in [-0.3, -0.25) is 10.1 Å². The maximum Gasteiger partial charge on any atom is 0.307 e. The van der Waals surface area contributed by atoms with E-state index in [1.807, 2.05) is 6.08 Å². The minimum Gasteiger partial charge on any atom is -0.258 e. The van der Waals surface area contributed by atoms with Gasteiger partial charge in [-0.05, 0) is 12.0 Å². The van der Waals surface area contributed by atoms with E-state index in [0.29, 0.717) is 17.9 Å². The molecule has 6 heteroatoms. The van der Waals surface area contributed by atoms with E-state index in [2.05, 4.69) is 4.98 Å². The third-order valence-electron chi connectivity index (χ3n) is 1.62. The lowest BCUT2D eigenvalue weighted by Crippen LogP contribution is -1.91. The molecule has 0 amide bonds. The number of aromatic nitrogens is 1. The van der Waals surface area contributed by atoms with Crippen LogP contribution in [0.25, 0.3) is 6.08 Å². The largest absolute Gasteiger partial charge is 0.307 e.